The Bertz CT molecular complexity index is 524. The third-order valence-electron chi connectivity index (χ3n) is 3.94. The number of nitrogens with one attached hydrogen (secondary N) is 1. The van der Waals surface area contributed by atoms with Crippen molar-refractivity contribution in [3.8, 4) is 0 Å². The van der Waals surface area contributed by atoms with Gasteiger partial charge in [-0.15, -0.1) is 0 Å². The van der Waals surface area contributed by atoms with Crippen LogP contribution in [0.15, 0.2) is 24.3 Å². The van der Waals surface area contributed by atoms with Gasteiger partial charge in [-0.2, -0.15) is 0 Å². The van der Waals surface area contributed by atoms with E-state index < -0.39 is 5.60 Å². The number of aliphatic hydroxyl groups is 1. The molecule has 0 bridgehead atoms. The molecule has 2 rings (SSSR count). The third kappa shape index (κ3) is 5.61. The van der Waals surface area contributed by atoms with Crippen LogP contribution in [-0.4, -0.2) is 48.6 Å². The second-order valence-corrected chi connectivity index (χ2v) is 6.62. The van der Waals surface area contributed by atoms with E-state index in [-0.39, 0.29) is 18.1 Å². The van der Waals surface area contributed by atoms with Crippen LogP contribution in [0.4, 0.5) is 0 Å². The molecule has 1 saturated heterocycles. The zero-order valence-corrected chi connectivity index (χ0v) is 14.2. The summed E-state index contributed by atoms with van der Waals surface area (Å²) in [5.41, 5.74) is 0.966. The minimum Gasteiger partial charge on any atom is -0.390 e. The van der Waals surface area contributed by atoms with Gasteiger partial charge in [0.05, 0.1) is 24.9 Å². The predicted molar refractivity (Wildman–Crippen MR) is 88.5 cm³/mol. The summed E-state index contributed by atoms with van der Waals surface area (Å²) in [7, 11) is 0. The van der Waals surface area contributed by atoms with Crippen LogP contribution in [0.1, 0.15) is 43.1 Å². The summed E-state index contributed by atoms with van der Waals surface area (Å²) >= 11 is 0. The second-order valence-electron chi connectivity index (χ2n) is 6.62. The van der Waals surface area contributed by atoms with Crippen LogP contribution < -0.4 is 5.32 Å². The van der Waals surface area contributed by atoms with Gasteiger partial charge in [-0.05, 0) is 51.3 Å². The Hall–Kier alpha value is -1.43. The van der Waals surface area contributed by atoms with Crippen LogP contribution in [0.3, 0.4) is 0 Å². The molecule has 0 aromatic heterocycles. The minimum absolute atomic E-state index is 0.0812. The molecule has 2 N–H and O–H groups in total. The molecule has 1 aromatic rings. The molecule has 0 spiro atoms. The Morgan fingerprint density at radius 3 is 2.91 bits per heavy atom. The van der Waals surface area contributed by atoms with Crippen molar-refractivity contribution >= 4 is 5.91 Å². The highest BCUT2D eigenvalue weighted by Gasteiger charge is 2.30. The number of hydrogen-bond acceptors (Lipinski definition) is 4. The third-order valence-corrected chi connectivity index (χ3v) is 3.94. The van der Waals surface area contributed by atoms with Gasteiger partial charge in [0.25, 0.3) is 5.91 Å². The fraction of sp³-hybridized carbons (Fsp3) is 0.611. The molecule has 5 heteroatoms. The maximum Gasteiger partial charge on any atom is 0.251 e. The van der Waals surface area contributed by atoms with Crippen molar-refractivity contribution in [1.29, 1.82) is 0 Å². The van der Waals surface area contributed by atoms with E-state index in [0.29, 0.717) is 31.8 Å². The van der Waals surface area contributed by atoms with Crippen molar-refractivity contribution in [2.45, 2.75) is 51.4 Å². The molecule has 1 heterocycles. The van der Waals surface area contributed by atoms with Gasteiger partial charge in [-0.1, -0.05) is 12.1 Å². The number of ether oxygens (including phenoxy) is 2. The standard InChI is InChI=1S/C18H27NO4/c1-4-23-16-12-22-11-15(16)19-17(20)14-7-5-6-13(10-14)8-9-18(2,3)21/h5-7,10,15-16,21H,4,8-9,11-12H2,1-3H3,(H,19,20)/t15-,16-/m0/s1. The van der Waals surface area contributed by atoms with Crippen molar-refractivity contribution in [2.75, 3.05) is 19.8 Å². The molecule has 1 fully saturated rings. The van der Waals surface area contributed by atoms with Crippen LogP contribution in [-0.2, 0) is 15.9 Å². The number of carbonyl (C=O) groups excluding carboxylic acids is 1. The van der Waals surface area contributed by atoms with E-state index >= 15 is 0 Å². The molecule has 1 aliphatic rings. The molecule has 5 nitrogen and oxygen atoms in total. The summed E-state index contributed by atoms with van der Waals surface area (Å²) in [4.78, 5) is 12.4. The molecule has 2 atom stereocenters. The molecular weight excluding hydrogens is 294 g/mol. The number of amides is 1. The van der Waals surface area contributed by atoms with E-state index in [0.717, 1.165) is 12.0 Å². The first-order chi connectivity index (χ1) is 10.9. The molecule has 0 radical (unpaired) electrons. The van der Waals surface area contributed by atoms with Crippen LogP contribution >= 0.6 is 0 Å². The maximum atomic E-state index is 12.4. The van der Waals surface area contributed by atoms with Crippen molar-refractivity contribution in [3.63, 3.8) is 0 Å². The fourth-order valence-corrected chi connectivity index (χ4v) is 2.62. The van der Waals surface area contributed by atoms with Crippen LogP contribution in [0.2, 0.25) is 0 Å². The Kier molecular flexibility index (Phi) is 6.16. The van der Waals surface area contributed by atoms with Gasteiger partial charge >= 0.3 is 0 Å². The molecule has 0 unspecified atom stereocenters. The first-order valence-corrected chi connectivity index (χ1v) is 8.20. The van der Waals surface area contributed by atoms with Crippen LogP contribution in [0, 0.1) is 0 Å². The van der Waals surface area contributed by atoms with Crippen LogP contribution in [0.25, 0.3) is 0 Å². The van der Waals surface area contributed by atoms with E-state index in [4.69, 9.17) is 9.47 Å². The quantitative estimate of drug-likeness (QED) is 0.805. The van der Waals surface area contributed by atoms with Crippen molar-refractivity contribution < 1.29 is 19.4 Å². The Balaban J connectivity index is 1.96. The lowest BCUT2D eigenvalue weighted by molar-refractivity contribution is 0.0402. The number of carbonyl (C=O) groups is 1. The minimum atomic E-state index is -0.704. The Morgan fingerprint density at radius 1 is 1.43 bits per heavy atom. The average molecular weight is 321 g/mol. The van der Waals surface area contributed by atoms with Crippen molar-refractivity contribution in [2.24, 2.45) is 0 Å². The zero-order valence-electron chi connectivity index (χ0n) is 14.2. The predicted octanol–water partition coefficient (Wildman–Crippen LogP) is 1.92. The van der Waals surface area contributed by atoms with Gasteiger partial charge in [0, 0.05) is 12.2 Å². The first-order valence-electron chi connectivity index (χ1n) is 8.20. The highest BCUT2D eigenvalue weighted by molar-refractivity contribution is 5.94. The second kappa shape index (κ2) is 7.90. The fourth-order valence-electron chi connectivity index (χ4n) is 2.62. The maximum absolute atomic E-state index is 12.4. The van der Waals surface area contributed by atoms with Crippen LogP contribution in [0.5, 0.6) is 0 Å². The van der Waals surface area contributed by atoms with Crippen molar-refractivity contribution in [1.82, 2.24) is 5.32 Å². The highest BCUT2D eigenvalue weighted by Crippen LogP contribution is 2.15. The molecule has 128 valence electrons. The van der Waals surface area contributed by atoms with Gasteiger partial charge in [0.15, 0.2) is 0 Å². The van der Waals surface area contributed by atoms with Crippen molar-refractivity contribution in [3.05, 3.63) is 35.4 Å². The van der Waals surface area contributed by atoms with Gasteiger partial charge in [-0.25, -0.2) is 0 Å². The van der Waals surface area contributed by atoms with Gasteiger partial charge in [0.1, 0.15) is 6.10 Å². The molecule has 0 saturated carbocycles. The lowest BCUT2D eigenvalue weighted by atomic mass is 9.98. The topological polar surface area (TPSA) is 67.8 Å². The van der Waals surface area contributed by atoms with Gasteiger partial charge in [0.2, 0.25) is 0 Å². The SMILES string of the molecule is CCO[C@H]1COC[C@@H]1NC(=O)c1cccc(CCC(C)(C)O)c1. The van der Waals surface area contributed by atoms with Gasteiger partial charge < -0.3 is 19.9 Å². The summed E-state index contributed by atoms with van der Waals surface area (Å²) < 4.78 is 11.0. The monoisotopic (exact) mass is 321 g/mol. The van der Waals surface area contributed by atoms with E-state index in [1.807, 2.05) is 25.1 Å². The highest BCUT2D eigenvalue weighted by atomic mass is 16.5. The number of hydrogen-bond donors (Lipinski definition) is 2. The van der Waals surface area contributed by atoms with E-state index in [2.05, 4.69) is 5.32 Å². The smallest absolute Gasteiger partial charge is 0.251 e. The zero-order chi connectivity index (χ0) is 16.9. The summed E-state index contributed by atoms with van der Waals surface area (Å²) in [6.07, 6.45) is 1.31. The summed E-state index contributed by atoms with van der Waals surface area (Å²) in [6.45, 7) is 7.12. The number of rotatable bonds is 7. The molecule has 1 aliphatic heterocycles. The van der Waals surface area contributed by atoms with Gasteiger partial charge in [-0.3, -0.25) is 4.79 Å². The molecule has 0 aliphatic carbocycles. The van der Waals surface area contributed by atoms with E-state index in [9.17, 15) is 9.90 Å². The summed E-state index contributed by atoms with van der Waals surface area (Å²) in [5.74, 6) is -0.115. The lowest BCUT2D eigenvalue weighted by Crippen LogP contribution is -2.43. The average Bonchev–Trinajstić information content (AvgIpc) is 2.92. The van der Waals surface area contributed by atoms with E-state index in [1.165, 1.54) is 0 Å². The summed E-state index contributed by atoms with van der Waals surface area (Å²) in [6, 6.07) is 7.42. The molecule has 23 heavy (non-hydrogen) atoms. The normalized spacial score (nSPS) is 21.4. The number of benzene rings is 1. The Morgan fingerprint density at radius 2 is 2.22 bits per heavy atom. The molecule has 1 aromatic carbocycles. The largest absolute Gasteiger partial charge is 0.390 e. The Labute approximate surface area is 138 Å². The lowest BCUT2D eigenvalue weighted by Gasteiger charge is -2.19. The first kappa shape index (κ1) is 17.9. The summed E-state index contributed by atoms with van der Waals surface area (Å²) in [5, 5.41) is 12.8. The molecular formula is C18H27NO4. The molecule has 1 amide bonds. The number of aryl methyl sites for hydroxylation is 1. The van der Waals surface area contributed by atoms with E-state index in [1.54, 1.807) is 19.9 Å².